The van der Waals surface area contributed by atoms with E-state index in [9.17, 15) is 0 Å². The first-order valence-corrected chi connectivity index (χ1v) is 6.06. The molecular formula is C14H19N3. The van der Waals surface area contributed by atoms with Crippen LogP contribution in [0.3, 0.4) is 0 Å². The number of anilines is 1. The van der Waals surface area contributed by atoms with Crippen LogP contribution in [0.4, 0.5) is 5.69 Å². The Morgan fingerprint density at radius 3 is 2.88 bits per heavy atom. The van der Waals surface area contributed by atoms with Crippen molar-refractivity contribution in [3.63, 3.8) is 0 Å². The van der Waals surface area contributed by atoms with E-state index in [1.807, 2.05) is 18.2 Å². The molecule has 1 saturated heterocycles. The molecular weight excluding hydrogens is 210 g/mol. The topological polar surface area (TPSA) is 53.0 Å². The third kappa shape index (κ3) is 2.42. The Bertz CT molecular complexity index is 445. The minimum absolute atomic E-state index is 0.0613. The van der Waals surface area contributed by atoms with Crippen molar-refractivity contribution in [3.8, 4) is 6.07 Å². The monoisotopic (exact) mass is 229 g/mol. The van der Waals surface area contributed by atoms with Crippen molar-refractivity contribution in [2.24, 2.45) is 5.73 Å². The molecule has 1 atom stereocenters. The summed E-state index contributed by atoms with van der Waals surface area (Å²) in [4.78, 5) is 2.36. The number of hydrogen-bond acceptors (Lipinski definition) is 3. The van der Waals surface area contributed by atoms with E-state index in [0.717, 1.165) is 25.1 Å². The molecule has 0 saturated carbocycles. The number of nitrogens with two attached hydrogens (primary N) is 1. The summed E-state index contributed by atoms with van der Waals surface area (Å²) < 4.78 is 0. The van der Waals surface area contributed by atoms with Crippen molar-refractivity contribution in [3.05, 3.63) is 29.8 Å². The van der Waals surface area contributed by atoms with Gasteiger partial charge in [0.15, 0.2) is 0 Å². The van der Waals surface area contributed by atoms with Gasteiger partial charge in [0.05, 0.1) is 11.6 Å². The average Bonchev–Trinajstić information content (AvgIpc) is 2.27. The molecule has 0 aromatic heterocycles. The van der Waals surface area contributed by atoms with Gasteiger partial charge in [0.25, 0.3) is 0 Å². The van der Waals surface area contributed by atoms with Crippen LogP contribution in [0.5, 0.6) is 0 Å². The summed E-state index contributed by atoms with van der Waals surface area (Å²) in [5.74, 6) is 0. The quantitative estimate of drug-likeness (QED) is 0.803. The Balaban J connectivity index is 2.30. The molecule has 3 nitrogen and oxygen atoms in total. The lowest BCUT2D eigenvalue weighted by atomic mass is 9.87. The second kappa shape index (κ2) is 4.38. The Hall–Kier alpha value is -1.53. The van der Waals surface area contributed by atoms with Crippen molar-refractivity contribution < 1.29 is 0 Å². The van der Waals surface area contributed by atoms with Crippen LogP contribution in [-0.2, 0) is 0 Å². The van der Waals surface area contributed by atoms with Crippen molar-refractivity contribution >= 4 is 5.69 Å². The molecule has 1 aliphatic rings. The number of benzene rings is 1. The Kier molecular flexibility index (Phi) is 3.08. The van der Waals surface area contributed by atoms with Gasteiger partial charge in [-0.2, -0.15) is 5.26 Å². The second-order valence-electron chi connectivity index (χ2n) is 5.38. The van der Waals surface area contributed by atoms with Gasteiger partial charge in [-0.05, 0) is 44.9 Å². The summed E-state index contributed by atoms with van der Waals surface area (Å²) in [6.07, 6.45) is 2.00. The first-order chi connectivity index (χ1) is 8.03. The first kappa shape index (κ1) is 11.9. The molecule has 3 heteroatoms. The second-order valence-corrected chi connectivity index (χ2v) is 5.38. The van der Waals surface area contributed by atoms with E-state index in [-0.39, 0.29) is 5.54 Å². The van der Waals surface area contributed by atoms with E-state index >= 15 is 0 Å². The highest BCUT2D eigenvalue weighted by Crippen LogP contribution is 2.32. The molecule has 90 valence electrons. The zero-order valence-electron chi connectivity index (χ0n) is 10.5. The van der Waals surface area contributed by atoms with Gasteiger partial charge in [0, 0.05) is 23.8 Å². The van der Waals surface area contributed by atoms with E-state index in [1.54, 1.807) is 0 Å². The van der Waals surface area contributed by atoms with Crippen molar-refractivity contribution in [1.29, 1.82) is 5.26 Å². The first-order valence-electron chi connectivity index (χ1n) is 6.06. The molecule has 0 radical (unpaired) electrons. The molecule has 1 heterocycles. The molecule has 0 aliphatic carbocycles. The number of rotatable bonds is 1. The molecule has 0 amide bonds. The predicted octanol–water partition coefficient (Wildman–Crippen LogP) is 2.26. The number of nitriles is 1. The molecule has 1 unspecified atom stereocenters. The van der Waals surface area contributed by atoms with E-state index in [4.69, 9.17) is 11.0 Å². The fourth-order valence-corrected chi connectivity index (χ4v) is 2.67. The number of nitrogens with zero attached hydrogens (tertiary/aromatic N) is 2. The van der Waals surface area contributed by atoms with E-state index < -0.39 is 0 Å². The third-order valence-corrected chi connectivity index (χ3v) is 3.50. The van der Waals surface area contributed by atoms with Crippen LogP contribution in [0.15, 0.2) is 24.3 Å². The molecule has 17 heavy (non-hydrogen) atoms. The lowest BCUT2D eigenvalue weighted by Crippen LogP contribution is -2.53. The molecule has 1 aromatic carbocycles. The van der Waals surface area contributed by atoms with E-state index in [2.05, 4.69) is 30.9 Å². The molecule has 2 N–H and O–H groups in total. The fourth-order valence-electron chi connectivity index (χ4n) is 2.67. The Labute approximate surface area is 103 Å². The van der Waals surface area contributed by atoms with Crippen LogP contribution in [0.2, 0.25) is 0 Å². The van der Waals surface area contributed by atoms with E-state index in [1.165, 1.54) is 0 Å². The highest BCUT2D eigenvalue weighted by atomic mass is 15.2. The zero-order valence-corrected chi connectivity index (χ0v) is 10.5. The summed E-state index contributed by atoms with van der Waals surface area (Å²) in [5, 5.41) is 8.94. The molecule has 0 bridgehead atoms. The van der Waals surface area contributed by atoms with Crippen LogP contribution in [0.25, 0.3) is 0 Å². The van der Waals surface area contributed by atoms with Gasteiger partial charge in [-0.25, -0.2) is 0 Å². The summed E-state index contributed by atoms with van der Waals surface area (Å²) in [5.41, 5.74) is 7.93. The van der Waals surface area contributed by atoms with Crippen LogP contribution in [0.1, 0.15) is 32.3 Å². The van der Waals surface area contributed by atoms with Gasteiger partial charge in [0.1, 0.15) is 0 Å². The van der Waals surface area contributed by atoms with Crippen molar-refractivity contribution in [1.82, 2.24) is 0 Å². The van der Waals surface area contributed by atoms with Gasteiger partial charge in [-0.15, -0.1) is 0 Å². The standard InChI is InChI=1S/C14H19N3/c1-14(2)9-12(16)6-7-17(14)13-5-3-4-11(8-13)10-15/h3-5,8,12H,6-7,9,16H2,1-2H3. The van der Waals surface area contributed by atoms with Gasteiger partial charge >= 0.3 is 0 Å². The molecule has 2 rings (SSSR count). The minimum Gasteiger partial charge on any atom is -0.366 e. The van der Waals surface area contributed by atoms with Gasteiger partial charge < -0.3 is 10.6 Å². The smallest absolute Gasteiger partial charge is 0.0992 e. The van der Waals surface area contributed by atoms with Crippen molar-refractivity contribution in [2.75, 3.05) is 11.4 Å². The van der Waals surface area contributed by atoms with Crippen LogP contribution in [-0.4, -0.2) is 18.1 Å². The van der Waals surface area contributed by atoms with Gasteiger partial charge in [-0.1, -0.05) is 6.07 Å². The largest absolute Gasteiger partial charge is 0.366 e. The Morgan fingerprint density at radius 1 is 1.47 bits per heavy atom. The fraction of sp³-hybridized carbons (Fsp3) is 0.500. The molecule has 1 fully saturated rings. The average molecular weight is 229 g/mol. The lowest BCUT2D eigenvalue weighted by Gasteiger charge is -2.46. The molecule has 0 spiro atoms. The highest BCUT2D eigenvalue weighted by Gasteiger charge is 2.33. The minimum atomic E-state index is 0.0613. The predicted molar refractivity (Wildman–Crippen MR) is 69.8 cm³/mol. The van der Waals surface area contributed by atoms with Crippen LogP contribution in [0, 0.1) is 11.3 Å². The third-order valence-electron chi connectivity index (χ3n) is 3.50. The van der Waals surface area contributed by atoms with Crippen molar-refractivity contribution in [2.45, 2.75) is 38.3 Å². The SMILES string of the molecule is CC1(C)CC(N)CCN1c1cccc(C#N)c1. The summed E-state index contributed by atoms with van der Waals surface area (Å²) >= 11 is 0. The van der Waals surface area contributed by atoms with Gasteiger partial charge in [-0.3, -0.25) is 0 Å². The normalized spacial score (nSPS) is 23.2. The summed E-state index contributed by atoms with van der Waals surface area (Å²) in [6.45, 7) is 5.39. The maximum absolute atomic E-state index is 8.94. The van der Waals surface area contributed by atoms with Crippen LogP contribution >= 0.6 is 0 Å². The van der Waals surface area contributed by atoms with E-state index in [0.29, 0.717) is 11.6 Å². The summed E-state index contributed by atoms with van der Waals surface area (Å²) in [6, 6.07) is 10.3. The zero-order chi connectivity index (χ0) is 12.5. The van der Waals surface area contributed by atoms with Crippen LogP contribution < -0.4 is 10.6 Å². The maximum atomic E-state index is 8.94. The number of hydrogen-bond donors (Lipinski definition) is 1. The summed E-state index contributed by atoms with van der Waals surface area (Å²) in [7, 11) is 0. The Morgan fingerprint density at radius 2 is 2.24 bits per heavy atom. The highest BCUT2D eigenvalue weighted by molar-refractivity contribution is 5.53. The van der Waals surface area contributed by atoms with Gasteiger partial charge in [0.2, 0.25) is 0 Å². The lowest BCUT2D eigenvalue weighted by molar-refractivity contribution is 0.327. The molecule has 1 aliphatic heterocycles. The maximum Gasteiger partial charge on any atom is 0.0992 e. The number of piperidine rings is 1. The molecule has 1 aromatic rings.